The molecule has 0 bridgehead atoms. The summed E-state index contributed by atoms with van der Waals surface area (Å²) in [5.74, 6) is -0.736. The Bertz CT molecular complexity index is 451. The summed E-state index contributed by atoms with van der Waals surface area (Å²) in [6, 6.07) is 4.58. The van der Waals surface area contributed by atoms with Crippen molar-refractivity contribution in [2.75, 3.05) is 0 Å². The predicted molar refractivity (Wildman–Crippen MR) is 69.9 cm³/mol. The Balaban J connectivity index is 2.70. The summed E-state index contributed by atoms with van der Waals surface area (Å²) in [6.45, 7) is 1.71. The molecule has 1 aromatic rings. The van der Waals surface area contributed by atoms with Gasteiger partial charge in [0.1, 0.15) is 0 Å². The number of rotatable bonds is 4. The summed E-state index contributed by atoms with van der Waals surface area (Å²) in [5.41, 5.74) is 5.47. The van der Waals surface area contributed by atoms with E-state index in [2.05, 4.69) is 21.2 Å². The van der Waals surface area contributed by atoms with Crippen LogP contribution in [0.15, 0.2) is 22.7 Å². The molecule has 0 fully saturated rings. The zero-order valence-corrected chi connectivity index (χ0v) is 11.5. The molecule has 3 N–H and O–H groups in total. The average molecular weight is 320 g/mol. The fraction of sp³-hybridized carbons (Fsp3) is 0.273. The molecule has 0 aromatic heterocycles. The van der Waals surface area contributed by atoms with Gasteiger partial charge in [-0.3, -0.25) is 9.59 Å². The molecule has 17 heavy (non-hydrogen) atoms. The van der Waals surface area contributed by atoms with E-state index in [1.54, 1.807) is 25.1 Å². The van der Waals surface area contributed by atoms with E-state index < -0.39 is 5.91 Å². The molecule has 2 amide bonds. The Morgan fingerprint density at radius 1 is 1.53 bits per heavy atom. The molecular formula is C11H12BrClN2O2. The summed E-state index contributed by atoms with van der Waals surface area (Å²) in [6.07, 6.45) is 0.107. The van der Waals surface area contributed by atoms with Crippen LogP contribution in [0.5, 0.6) is 0 Å². The van der Waals surface area contributed by atoms with E-state index in [0.29, 0.717) is 10.6 Å². The first kappa shape index (κ1) is 14.0. The summed E-state index contributed by atoms with van der Waals surface area (Å²) in [4.78, 5) is 22.4. The lowest BCUT2D eigenvalue weighted by Gasteiger charge is -2.12. The Morgan fingerprint density at radius 2 is 2.18 bits per heavy atom. The Labute approximate surface area is 113 Å². The monoisotopic (exact) mass is 318 g/mol. The van der Waals surface area contributed by atoms with Crippen LogP contribution in [0.25, 0.3) is 0 Å². The second-order valence-electron chi connectivity index (χ2n) is 3.67. The third-order valence-corrected chi connectivity index (χ3v) is 3.30. The van der Waals surface area contributed by atoms with Crippen LogP contribution in [0.2, 0.25) is 5.02 Å². The third-order valence-electron chi connectivity index (χ3n) is 2.07. The van der Waals surface area contributed by atoms with E-state index in [0.717, 1.165) is 4.47 Å². The molecule has 1 unspecified atom stereocenters. The molecule has 0 radical (unpaired) electrons. The minimum absolute atomic E-state index is 0.107. The smallest absolute Gasteiger partial charge is 0.251 e. The number of benzene rings is 1. The topological polar surface area (TPSA) is 72.2 Å². The fourth-order valence-corrected chi connectivity index (χ4v) is 1.72. The second-order valence-corrected chi connectivity index (χ2v) is 4.94. The van der Waals surface area contributed by atoms with Gasteiger partial charge in [-0.15, -0.1) is 0 Å². The number of amides is 2. The van der Waals surface area contributed by atoms with E-state index in [1.165, 1.54) is 0 Å². The summed E-state index contributed by atoms with van der Waals surface area (Å²) < 4.78 is 0.723. The first-order valence-corrected chi connectivity index (χ1v) is 6.11. The molecular weight excluding hydrogens is 307 g/mol. The molecule has 4 nitrogen and oxygen atoms in total. The summed E-state index contributed by atoms with van der Waals surface area (Å²) >= 11 is 9.12. The molecule has 0 aliphatic carbocycles. The van der Waals surface area contributed by atoms with Gasteiger partial charge in [-0.1, -0.05) is 11.6 Å². The number of halogens is 2. The highest BCUT2D eigenvalue weighted by Gasteiger charge is 2.12. The van der Waals surface area contributed by atoms with Crippen LogP contribution in [-0.2, 0) is 4.79 Å². The minimum Gasteiger partial charge on any atom is -0.370 e. The largest absolute Gasteiger partial charge is 0.370 e. The summed E-state index contributed by atoms with van der Waals surface area (Å²) in [5, 5.41) is 3.12. The molecule has 6 heteroatoms. The van der Waals surface area contributed by atoms with Gasteiger partial charge in [0.2, 0.25) is 5.91 Å². The van der Waals surface area contributed by atoms with Crippen LogP contribution in [-0.4, -0.2) is 17.9 Å². The van der Waals surface area contributed by atoms with Gasteiger partial charge in [0, 0.05) is 22.5 Å². The quantitative estimate of drug-likeness (QED) is 0.892. The van der Waals surface area contributed by atoms with Gasteiger partial charge in [-0.2, -0.15) is 0 Å². The number of nitrogens with one attached hydrogen (secondary N) is 1. The van der Waals surface area contributed by atoms with Crippen LogP contribution >= 0.6 is 27.5 Å². The molecule has 0 aliphatic rings. The van der Waals surface area contributed by atoms with Crippen molar-refractivity contribution in [3.63, 3.8) is 0 Å². The normalized spacial score (nSPS) is 11.9. The molecule has 92 valence electrons. The van der Waals surface area contributed by atoms with Crippen molar-refractivity contribution < 1.29 is 9.59 Å². The van der Waals surface area contributed by atoms with Crippen molar-refractivity contribution in [3.05, 3.63) is 33.3 Å². The number of carbonyl (C=O) groups excluding carboxylic acids is 2. The zero-order valence-electron chi connectivity index (χ0n) is 9.17. The Morgan fingerprint density at radius 3 is 2.71 bits per heavy atom. The van der Waals surface area contributed by atoms with E-state index in [9.17, 15) is 9.59 Å². The van der Waals surface area contributed by atoms with Crippen molar-refractivity contribution in [2.24, 2.45) is 5.73 Å². The van der Waals surface area contributed by atoms with Crippen molar-refractivity contribution >= 4 is 39.3 Å². The van der Waals surface area contributed by atoms with Crippen LogP contribution in [0, 0.1) is 0 Å². The van der Waals surface area contributed by atoms with Crippen LogP contribution in [0.1, 0.15) is 23.7 Å². The average Bonchev–Trinajstić information content (AvgIpc) is 2.20. The maximum Gasteiger partial charge on any atom is 0.251 e. The zero-order chi connectivity index (χ0) is 13.0. The van der Waals surface area contributed by atoms with Crippen LogP contribution < -0.4 is 11.1 Å². The van der Waals surface area contributed by atoms with Crippen molar-refractivity contribution in [2.45, 2.75) is 19.4 Å². The number of primary amides is 1. The lowest BCUT2D eigenvalue weighted by Crippen LogP contribution is -2.35. The van der Waals surface area contributed by atoms with Gasteiger partial charge in [0.05, 0.1) is 5.02 Å². The van der Waals surface area contributed by atoms with Crippen LogP contribution in [0.4, 0.5) is 0 Å². The second kappa shape index (κ2) is 6.02. The number of hydrogen-bond acceptors (Lipinski definition) is 2. The number of carbonyl (C=O) groups is 2. The third kappa shape index (κ3) is 4.36. The van der Waals surface area contributed by atoms with Crippen molar-refractivity contribution in [1.29, 1.82) is 0 Å². The van der Waals surface area contributed by atoms with Crippen LogP contribution in [0.3, 0.4) is 0 Å². The molecule has 1 rings (SSSR count). The highest BCUT2D eigenvalue weighted by atomic mass is 79.9. The SMILES string of the molecule is CC(CC(N)=O)NC(=O)c1ccc(Br)c(Cl)c1. The maximum absolute atomic E-state index is 11.8. The van der Waals surface area contributed by atoms with E-state index in [4.69, 9.17) is 17.3 Å². The first-order valence-electron chi connectivity index (χ1n) is 4.94. The first-order chi connectivity index (χ1) is 7.90. The molecule has 0 saturated heterocycles. The molecule has 1 atom stereocenters. The van der Waals surface area contributed by atoms with Gasteiger partial charge in [0.25, 0.3) is 5.91 Å². The minimum atomic E-state index is -0.452. The fourth-order valence-electron chi connectivity index (χ4n) is 1.30. The Kier molecular flexibility index (Phi) is 4.96. The van der Waals surface area contributed by atoms with Crippen molar-refractivity contribution in [1.82, 2.24) is 5.32 Å². The number of hydrogen-bond donors (Lipinski definition) is 2. The highest BCUT2D eigenvalue weighted by molar-refractivity contribution is 9.10. The lowest BCUT2D eigenvalue weighted by molar-refractivity contribution is -0.118. The van der Waals surface area contributed by atoms with E-state index >= 15 is 0 Å². The maximum atomic E-state index is 11.8. The Hall–Kier alpha value is -1.07. The summed E-state index contributed by atoms with van der Waals surface area (Å²) in [7, 11) is 0. The van der Waals surface area contributed by atoms with Gasteiger partial charge in [-0.25, -0.2) is 0 Å². The van der Waals surface area contributed by atoms with E-state index in [1.807, 2.05) is 0 Å². The predicted octanol–water partition coefficient (Wildman–Crippen LogP) is 2.10. The standard InChI is InChI=1S/C11H12BrClN2O2/c1-6(4-10(14)16)15-11(17)7-2-3-8(12)9(13)5-7/h2-3,5-6H,4H2,1H3,(H2,14,16)(H,15,17). The number of nitrogens with two attached hydrogens (primary N) is 1. The highest BCUT2D eigenvalue weighted by Crippen LogP contribution is 2.23. The molecule has 0 saturated carbocycles. The molecule has 1 aromatic carbocycles. The van der Waals surface area contributed by atoms with E-state index in [-0.39, 0.29) is 18.4 Å². The van der Waals surface area contributed by atoms with Gasteiger partial charge >= 0.3 is 0 Å². The molecule has 0 aliphatic heterocycles. The van der Waals surface area contributed by atoms with Gasteiger partial charge < -0.3 is 11.1 Å². The van der Waals surface area contributed by atoms with Gasteiger partial charge in [-0.05, 0) is 41.1 Å². The molecule has 0 heterocycles. The lowest BCUT2D eigenvalue weighted by atomic mass is 10.1. The van der Waals surface area contributed by atoms with Crippen molar-refractivity contribution in [3.8, 4) is 0 Å². The molecule has 0 spiro atoms. The van der Waals surface area contributed by atoms with Gasteiger partial charge in [0.15, 0.2) is 0 Å².